The molecule has 1 amide bonds. The third-order valence-electron chi connectivity index (χ3n) is 5.96. The minimum Gasteiger partial charge on any atom is -0.441 e. The van der Waals surface area contributed by atoms with Crippen molar-refractivity contribution in [2.75, 3.05) is 32.7 Å². The van der Waals surface area contributed by atoms with E-state index >= 15 is 0 Å². The fraction of sp³-hybridized carbons (Fsp3) is 0.360. The summed E-state index contributed by atoms with van der Waals surface area (Å²) in [4.78, 5) is 26.8. The second kappa shape index (κ2) is 10.8. The molecule has 0 saturated carbocycles. The Morgan fingerprint density at radius 3 is 2.65 bits per heavy atom. The summed E-state index contributed by atoms with van der Waals surface area (Å²) in [6.45, 7) is 4.23. The molecule has 0 radical (unpaired) electrons. The third-order valence-corrected chi connectivity index (χ3v) is 6.83. The Bertz CT molecular complexity index is 1180. The van der Waals surface area contributed by atoms with Crippen molar-refractivity contribution in [2.45, 2.75) is 25.7 Å². The van der Waals surface area contributed by atoms with Crippen molar-refractivity contribution in [3.8, 4) is 22.0 Å². The molecule has 3 aromatic heterocycles. The van der Waals surface area contributed by atoms with Gasteiger partial charge in [0.1, 0.15) is 0 Å². The van der Waals surface area contributed by atoms with E-state index in [-0.39, 0.29) is 5.91 Å². The molecule has 4 heterocycles. The molecule has 1 aliphatic rings. The summed E-state index contributed by atoms with van der Waals surface area (Å²) in [5.41, 5.74) is 0.991. The van der Waals surface area contributed by atoms with Gasteiger partial charge in [0, 0.05) is 51.0 Å². The quantitative estimate of drug-likeness (QED) is 0.358. The van der Waals surface area contributed by atoms with Crippen LogP contribution in [0.5, 0.6) is 0 Å². The van der Waals surface area contributed by atoms with Crippen molar-refractivity contribution in [1.82, 2.24) is 24.9 Å². The van der Waals surface area contributed by atoms with E-state index in [1.807, 2.05) is 52.7 Å². The van der Waals surface area contributed by atoms with E-state index in [9.17, 15) is 4.79 Å². The molecule has 0 atom stereocenters. The molecule has 1 aromatic carbocycles. The molecular weight excluding hydrogens is 450 g/mol. The highest BCUT2D eigenvalue weighted by molar-refractivity contribution is 7.13. The van der Waals surface area contributed by atoms with Gasteiger partial charge in [-0.3, -0.25) is 9.69 Å². The lowest BCUT2D eigenvalue weighted by Crippen LogP contribution is -2.48. The van der Waals surface area contributed by atoms with Crippen LogP contribution in [0.15, 0.2) is 63.0 Å². The van der Waals surface area contributed by atoms with Gasteiger partial charge in [-0.25, -0.2) is 4.98 Å². The molecule has 9 heteroatoms. The highest BCUT2D eigenvalue weighted by Crippen LogP contribution is 2.22. The zero-order valence-electron chi connectivity index (χ0n) is 18.9. The van der Waals surface area contributed by atoms with E-state index in [1.165, 1.54) is 0 Å². The summed E-state index contributed by atoms with van der Waals surface area (Å²) in [7, 11) is 0. The number of amides is 1. The van der Waals surface area contributed by atoms with Crippen LogP contribution in [0.3, 0.4) is 0 Å². The van der Waals surface area contributed by atoms with Crippen LogP contribution in [0.2, 0.25) is 0 Å². The fourth-order valence-corrected chi connectivity index (χ4v) is 4.72. The van der Waals surface area contributed by atoms with E-state index in [1.54, 1.807) is 17.5 Å². The van der Waals surface area contributed by atoms with Gasteiger partial charge in [-0.05, 0) is 24.4 Å². The minimum atomic E-state index is 0.158. The summed E-state index contributed by atoms with van der Waals surface area (Å²) >= 11 is 1.61. The van der Waals surface area contributed by atoms with Gasteiger partial charge in [0.15, 0.2) is 11.7 Å². The van der Waals surface area contributed by atoms with Crippen LogP contribution in [0, 0.1) is 0 Å². The van der Waals surface area contributed by atoms with Crippen LogP contribution in [-0.2, 0) is 17.6 Å². The Labute approximate surface area is 202 Å². The van der Waals surface area contributed by atoms with Crippen LogP contribution in [0.4, 0.5) is 0 Å². The van der Waals surface area contributed by atoms with Crippen molar-refractivity contribution >= 4 is 17.2 Å². The molecule has 0 bridgehead atoms. The van der Waals surface area contributed by atoms with Crippen LogP contribution >= 0.6 is 11.3 Å². The first-order valence-corrected chi connectivity index (χ1v) is 12.5. The summed E-state index contributed by atoms with van der Waals surface area (Å²) in [6, 6.07) is 13.8. The molecule has 0 spiro atoms. The maximum atomic E-state index is 12.7. The van der Waals surface area contributed by atoms with Gasteiger partial charge in [0.2, 0.25) is 17.6 Å². The molecule has 0 unspecified atom stereocenters. The molecule has 34 heavy (non-hydrogen) atoms. The van der Waals surface area contributed by atoms with Gasteiger partial charge < -0.3 is 13.8 Å². The Balaban J connectivity index is 1.01. The number of piperazine rings is 1. The lowest BCUT2D eigenvalue weighted by atomic mass is 10.2. The van der Waals surface area contributed by atoms with Crippen molar-refractivity contribution < 1.29 is 13.7 Å². The van der Waals surface area contributed by atoms with E-state index < -0.39 is 0 Å². The molecule has 0 N–H and O–H groups in total. The SMILES string of the molecule is O=C(CCc1ncc(-c2ccccc2)o1)N1CCN(CCCc2nc(-c3cccs3)no2)CC1. The summed E-state index contributed by atoms with van der Waals surface area (Å²) in [6.07, 6.45) is 4.37. The van der Waals surface area contributed by atoms with Gasteiger partial charge in [-0.1, -0.05) is 41.6 Å². The lowest BCUT2D eigenvalue weighted by molar-refractivity contribution is -0.133. The number of rotatable bonds is 9. The number of nitrogens with zero attached hydrogens (tertiary/aromatic N) is 5. The van der Waals surface area contributed by atoms with Crippen molar-refractivity contribution in [3.63, 3.8) is 0 Å². The van der Waals surface area contributed by atoms with E-state index in [0.717, 1.165) is 61.8 Å². The average Bonchev–Trinajstić information content (AvgIpc) is 3.66. The minimum absolute atomic E-state index is 0.158. The maximum absolute atomic E-state index is 12.7. The number of carbonyl (C=O) groups excluding carboxylic acids is 1. The molecule has 1 saturated heterocycles. The highest BCUT2D eigenvalue weighted by Gasteiger charge is 2.21. The molecule has 8 nitrogen and oxygen atoms in total. The largest absolute Gasteiger partial charge is 0.441 e. The second-order valence-corrected chi connectivity index (χ2v) is 9.25. The monoisotopic (exact) mass is 477 g/mol. The van der Waals surface area contributed by atoms with Crippen molar-refractivity contribution in [2.24, 2.45) is 0 Å². The Morgan fingerprint density at radius 1 is 1.00 bits per heavy atom. The second-order valence-electron chi connectivity index (χ2n) is 8.30. The standard InChI is InChI=1S/C25H27N5O3S/c31-24(11-10-22-26-18-20(32-22)19-6-2-1-3-7-19)30-15-13-29(14-16-30)12-4-9-23-27-25(28-33-23)21-8-5-17-34-21/h1-3,5-8,17-18H,4,9-16H2. The fourth-order valence-electron chi connectivity index (χ4n) is 4.07. The smallest absolute Gasteiger partial charge is 0.227 e. The number of thiophene rings is 1. The average molecular weight is 478 g/mol. The first-order chi connectivity index (χ1) is 16.7. The number of hydrogen-bond donors (Lipinski definition) is 0. The molecular formula is C25H27N5O3S. The maximum Gasteiger partial charge on any atom is 0.227 e. The highest BCUT2D eigenvalue weighted by atomic mass is 32.1. The number of aryl methyl sites for hydroxylation is 2. The number of benzene rings is 1. The Kier molecular flexibility index (Phi) is 7.11. The first kappa shape index (κ1) is 22.5. The van der Waals surface area contributed by atoms with Gasteiger partial charge in [-0.15, -0.1) is 11.3 Å². The number of carbonyl (C=O) groups is 1. The van der Waals surface area contributed by atoms with E-state index in [2.05, 4.69) is 20.0 Å². The molecule has 0 aliphatic carbocycles. The summed E-state index contributed by atoms with van der Waals surface area (Å²) < 4.78 is 11.2. The Hall–Kier alpha value is -3.30. The van der Waals surface area contributed by atoms with E-state index in [0.29, 0.717) is 30.4 Å². The normalized spacial score (nSPS) is 14.5. The topological polar surface area (TPSA) is 88.5 Å². The van der Waals surface area contributed by atoms with Crippen LogP contribution in [0.1, 0.15) is 24.6 Å². The number of oxazole rings is 1. The van der Waals surface area contributed by atoms with Crippen molar-refractivity contribution in [3.05, 3.63) is 65.8 Å². The molecule has 5 rings (SSSR count). The van der Waals surface area contributed by atoms with Crippen LogP contribution in [0.25, 0.3) is 22.0 Å². The van der Waals surface area contributed by atoms with Gasteiger partial charge in [0.25, 0.3) is 0 Å². The van der Waals surface area contributed by atoms with Gasteiger partial charge in [-0.2, -0.15) is 4.98 Å². The number of hydrogen-bond acceptors (Lipinski definition) is 8. The third kappa shape index (κ3) is 5.60. The summed E-state index contributed by atoms with van der Waals surface area (Å²) in [5.74, 6) is 2.84. The Morgan fingerprint density at radius 2 is 1.85 bits per heavy atom. The van der Waals surface area contributed by atoms with Gasteiger partial charge >= 0.3 is 0 Å². The van der Waals surface area contributed by atoms with Crippen LogP contribution in [-0.4, -0.2) is 63.6 Å². The van der Waals surface area contributed by atoms with Gasteiger partial charge in [0.05, 0.1) is 11.1 Å². The van der Waals surface area contributed by atoms with Crippen LogP contribution < -0.4 is 0 Å². The predicted octanol–water partition coefficient (Wildman–Crippen LogP) is 4.16. The van der Waals surface area contributed by atoms with E-state index in [4.69, 9.17) is 8.94 Å². The molecule has 176 valence electrons. The summed E-state index contributed by atoms with van der Waals surface area (Å²) in [5, 5.41) is 6.07. The lowest BCUT2D eigenvalue weighted by Gasteiger charge is -2.34. The molecule has 4 aromatic rings. The zero-order chi connectivity index (χ0) is 23.2. The molecule has 1 aliphatic heterocycles. The first-order valence-electron chi connectivity index (χ1n) is 11.6. The zero-order valence-corrected chi connectivity index (χ0v) is 19.7. The van der Waals surface area contributed by atoms with Crippen molar-refractivity contribution in [1.29, 1.82) is 0 Å². The molecule has 1 fully saturated rings. The number of aromatic nitrogens is 3. The predicted molar refractivity (Wildman–Crippen MR) is 129 cm³/mol.